The number of benzene rings is 3. The van der Waals surface area contributed by atoms with Gasteiger partial charge in [0, 0.05) is 73.5 Å². The van der Waals surface area contributed by atoms with Crippen LogP contribution in [0.2, 0.25) is 0 Å². The van der Waals surface area contributed by atoms with E-state index < -0.39 is 30.2 Å². The zero-order chi connectivity index (χ0) is 40.5. The fourth-order valence-electron chi connectivity index (χ4n) is 11.0. The van der Waals surface area contributed by atoms with E-state index in [0.29, 0.717) is 23.1 Å². The molecule has 0 aliphatic carbocycles. The zero-order valence-electron chi connectivity index (χ0n) is 33.5. The number of aromatic amines is 1. The van der Waals surface area contributed by atoms with Gasteiger partial charge in [-0.25, -0.2) is 8.78 Å². The highest BCUT2D eigenvalue weighted by Gasteiger charge is 2.46. The molecule has 4 aromatic rings. The van der Waals surface area contributed by atoms with Gasteiger partial charge in [0.1, 0.15) is 6.04 Å². The van der Waals surface area contributed by atoms with Crippen molar-refractivity contribution in [3.63, 3.8) is 0 Å². The lowest BCUT2D eigenvalue weighted by Crippen LogP contribution is -2.54. The van der Waals surface area contributed by atoms with E-state index in [1.807, 2.05) is 29.2 Å². The van der Waals surface area contributed by atoms with Crippen molar-refractivity contribution >= 4 is 40.2 Å². The maximum Gasteiger partial charge on any atom is 0.262 e. The van der Waals surface area contributed by atoms with Crippen LogP contribution < -0.4 is 10.2 Å². The maximum atomic E-state index is 13.9. The molecule has 0 spiro atoms. The number of carbonyl (C=O) groups is 4. The van der Waals surface area contributed by atoms with Crippen LogP contribution in [0.25, 0.3) is 10.9 Å². The fourth-order valence-corrected chi connectivity index (χ4v) is 11.0. The summed E-state index contributed by atoms with van der Waals surface area (Å²) in [5.74, 6) is -1.23. The summed E-state index contributed by atoms with van der Waals surface area (Å²) in [5, 5.41) is 3.45. The van der Waals surface area contributed by atoms with Gasteiger partial charge in [-0.2, -0.15) is 0 Å². The van der Waals surface area contributed by atoms with E-state index in [-0.39, 0.29) is 37.4 Å². The summed E-state index contributed by atoms with van der Waals surface area (Å²) in [6.45, 7) is 8.48. The number of amides is 4. The summed E-state index contributed by atoms with van der Waals surface area (Å²) < 4.78 is 27.8. The Hall–Kier alpha value is -4.98. The largest absolute Gasteiger partial charge is 0.372 e. The molecular formula is C46H51F2N7O4. The van der Waals surface area contributed by atoms with Gasteiger partial charge in [-0.15, -0.1) is 0 Å². The van der Waals surface area contributed by atoms with Crippen LogP contribution in [-0.2, 0) is 29.1 Å². The fraction of sp³-hybridized carbons (Fsp3) is 0.478. The third-order valence-corrected chi connectivity index (χ3v) is 14.2. The number of halogens is 2. The Bertz CT molecular complexity index is 2270. The Morgan fingerprint density at radius 3 is 2.15 bits per heavy atom. The van der Waals surface area contributed by atoms with Crippen LogP contribution in [0.5, 0.6) is 0 Å². The Balaban J connectivity index is 0.720. The Labute approximate surface area is 342 Å². The topological polar surface area (TPSA) is 112 Å². The maximum absolute atomic E-state index is 13.9. The van der Waals surface area contributed by atoms with Crippen LogP contribution in [0.15, 0.2) is 60.7 Å². The molecule has 13 heteroatoms. The molecule has 1 aromatic heterocycles. The molecule has 1 unspecified atom stereocenters. The van der Waals surface area contributed by atoms with Crippen LogP contribution in [0.3, 0.4) is 0 Å². The highest BCUT2D eigenvalue weighted by atomic mass is 19.3. The SMILES string of the molecule is C[C@@H]1Cc2c([nH]c3ccccc23)[C@@H](c2ccc(N3CCC(CN4CCC(N5Cc6cc7c(cc6C5)C(=O)N(C5CCC(=O)NC5=O)C7=O)CC4)CC3)cc2)N1CC(F)F. The molecule has 3 aromatic carbocycles. The number of nitrogens with one attached hydrogen (secondary N) is 2. The monoisotopic (exact) mass is 803 g/mol. The number of hydrogen-bond acceptors (Lipinski definition) is 8. The number of nitrogens with zero attached hydrogens (tertiary/aromatic N) is 5. The second kappa shape index (κ2) is 15.2. The molecule has 6 aliphatic heterocycles. The lowest BCUT2D eigenvalue weighted by atomic mass is 9.88. The third kappa shape index (κ3) is 6.94. The highest BCUT2D eigenvalue weighted by molar-refractivity contribution is 6.23. The lowest BCUT2D eigenvalue weighted by molar-refractivity contribution is -0.136. The minimum Gasteiger partial charge on any atom is -0.372 e. The molecule has 10 rings (SSSR count). The van der Waals surface area contributed by atoms with Gasteiger partial charge in [-0.3, -0.25) is 39.2 Å². The van der Waals surface area contributed by atoms with Gasteiger partial charge >= 0.3 is 0 Å². The summed E-state index contributed by atoms with van der Waals surface area (Å²) in [6, 6.07) is 19.8. The minimum absolute atomic E-state index is 0.00662. The van der Waals surface area contributed by atoms with Crippen molar-refractivity contribution in [3.05, 3.63) is 99.7 Å². The molecule has 0 radical (unpaired) electrons. The Morgan fingerprint density at radius 1 is 0.814 bits per heavy atom. The van der Waals surface area contributed by atoms with Crippen LogP contribution in [0.4, 0.5) is 14.5 Å². The van der Waals surface area contributed by atoms with Crippen molar-refractivity contribution < 1.29 is 28.0 Å². The predicted octanol–water partition coefficient (Wildman–Crippen LogP) is 5.87. The predicted molar refractivity (Wildman–Crippen MR) is 219 cm³/mol. The number of para-hydroxylation sites is 1. The van der Waals surface area contributed by atoms with Crippen molar-refractivity contribution in [3.8, 4) is 0 Å². The summed E-state index contributed by atoms with van der Waals surface area (Å²) >= 11 is 0. The van der Waals surface area contributed by atoms with Gasteiger partial charge in [-0.1, -0.05) is 30.3 Å². The average molecular weight is 804 g/mol. The van der Waals surface area contributed by atoms with E-state index in [1.165, 1.54) is 16.6 Å². The number of imide groups is 2. The third-order valence-electron chi connectivity index (χ3n) is 14.2. The van der Waals surface area contributed by atoms with Gasteiger partial charge in [0.2, 0.25) is 11.8 Å². The smallest absolute Gasteiger partial charge is 0.262 e. The van der Waals surface area contributed by atoms with E-state index in [0.717, 1.165) is 111 Å². The van der Waals surface area contributed by atoms with Gasteiger partial charge in [-0.05, 0) is 117 Å². The molecule has 0 saturated carbocycles. The van der Waals surface area contributed by atoms with Crippen molar-refractivity contribution in [2.45, 2.75) is 95.6 Å². The molecule has 308 valence electrons. The van der Waals surface area contributed by atoms with E-state index in [2.05, 4.69) is 68.3 Å². The minimum atomic E-state index is -2.41. The Kier molecular flexibility index (Phi) is 9.88. The van der Waals surface area contributed by atoms with Crippen LogP contribution in [0.1, 0.15) is 100 Å². The van der Waals surface area contributed by atoms with Crippen molar-refractivity contribution in [1.29, 1.82) is 0 Å². The number of anilines is 1. The van der Waals surface area contributed by atoms with E-state index in [4.69, 9.17) is 0 Å². The lowest BCUT2D eigenvalue weighted by Gasteiger charge is -2.41. The standard InChI is InChI=1S/C46H51F2N7O4/c1-27-20-35-34-4-2-3-5-38(34)49-42(35)43(54(27)26-40(47)48)29-6-8-32(9-7-29)52-18-12-28(13-19-52)23-51-16-14-33(15-17-51)53-24-30-21-36-37(22-31(30)25-53)46(59)55(45(36)58)39-10-11-41(56)50-44(39)57/h2-9,21-22,27-28,33,39-40,43,49H,10-20,23-26H2,1H3,(H,50,56,57)/t27-,39?,43-/m1/s1. The number of fused-ring (bicyclic) bond motifs is 5. The number of hydrogen-bond donors (Lipinski definition) is 2. The van der Waals surface area contributed by atoms with E-state index >= 15 is 0 Å². The van der Waals surface area contributed by atoms with E-state index in [1.54, 1.807) is 0 Å². The number of carbonyl (C=O) groups excluding carboxylic acids is 4. The van der Waals surface area contributed by atoms with Crippen LogP contribution in [0, 0.1) is 5.92 Å². The molecule has 3 atom stereocenters. The van der Waals surface area contributed by atoms with Gasteiger partial charge in [0.25, 0.3) is 18.2 Å². The number of likely N-dealkylation sites (tertiary alicyclic amines) is 1. The first-order chi connectivity index (χ1) is 28.6. The first-order valence-corrected chi connectivity index (χ1v) is 21.4. The molecule has 11 nitrogen and oxygen atoms in total. The number of H-pyrrole nitrogens is 1. The van der Waals surface area contributed by atoms with Gasteiger partial charge < -0.3 is 14.8 Å². The summed E-state index contributed by atoms with van der Waals surface area (Å²) in [6.07, 6.45) is 3.01. The van der Waals surface area contributed by atoms with Crippen LogP contribution in [-0.4, -0.2) is 112 Å². The summed E-state index contributed by atoms with van der Waals surface area (Å²) in [7, 11) is 0. The second-order valence-electron chi connectivity index (χ2n) is 17.7. The molecule has 3 fully saturated rings. The van der Waals surface area contributed by atoms with Gasteiger partial charge in [0.15, 0.2) is 0 Å². The molecule has 2 N–H and O–H groups in total. The average Bonchev–Trinajstić information content (AvgIpc) is 3.89. The number of rotatable bonds is 8. The number of piperidine rings is 3. The van der Waals surface area contributed by atoms with Crippen LogP contribution >= 0.6 is 0 Å². The molecule has 59 heavy (non-hydrogen) atoms. The highest BCUT2D eigenvalue weighted by Crippen LogP contribution is 2.42. The summed E-state index contributed by atoms with van der Waals surface area (Å²) in [5.41, 5.74) is 8.41. The molecular weight excluding hydrogens is 753 g/mol. The van der Waals surface area contributed by atoms with Crippen molar-refractivity contribution in [1.82, 2.24) is 29.9 Å². The molecule has 7 heterocycles. The summed E-state index contributed by atoms with van der Waals surface area (Å²) in [4.78, 5) is 65.1. The number of alkyl halides is 2. The van der Waals surface area contributed by atoms with E-state index in [9.17, 15) is 28.0 Å². The zero-order valence-corrected chi connectivity index (χ0v) is 33.5. The first kappa shape index (κ1) is 38.2. The van der Waals surface area contributed by atoms with Crippen molar-refractivity contribution in [2.75, 3.05) is 44.2 Å². The van der Waals surface area contributed by atoms with Gasteiger partial charge in [0.05, 0.1) is 23.7 Å². The second-order valence-corrected chi connectivity index (χ2v) is 17.7. The quantitative estimate of drug-likeness (QED) is 0.213. The molecule has 0 bridgehead atoms. The van der Waals surface area contributed by atoms with Crippen molar-refractivity contribution in [2.24, 2.45) is 5.92 Å². The molecule has 3 saturated heterocycles. The first-order valence-electron chi connectivity index (χ1n) is 21.4. The number of aromatic nitrogens is 1. The normalized spacial score (nSPS) is 25.0. The Morgan fingerprint density at radius 2 is 1.49 bits per heavy atom. The molecule has 4 amide bonds. The molecule has 6 aliphatic rings.